The first kappa shape index (κ1) is 12.0. The lowest BCUT2D eigenvalue weighted by Crippen LogP contribution is -2.24. The molecule has 0 saturated heterocycles. The summed E-state index contributed by atoms with van der Waals surface area (Å²) in [6.45, 7) is 4.80. The van der Waals surface area contributed by atoms with E-state index in [9.17, 15) is 4.39 Å². The van der Waals surface area contributed by atoms with Crippen molar-refractivity contribution in [2.45, 2.75) is 20.5 Å². The van der Waals surface area contributed by atoms with Crippen molar-refractivity contribution in [2.24, 2.45) is 5.92 Å². The number of hydrogen-bond donors (Lipinski definition) is 1. The Hall–Kier alpha value is -1.09. The van der Waals surface area contributed by atoms with Gasteiger partial charge in [0.15, 0.2) is 0 Å². The van der Waals surface area contributed by atoms with E-state index >= 15 is 0 Å². The smallest absolute Gasteiger partial charge is 0.146 e. The third kappa shape index (κ3) is 2.93. The first-order valence-corrected chi connectivity index (χ1v) is 5.15. The van der Waals surface area contributed by atoms with E-state index in [0.717, 1.165) is 6.54 Å². The maximum absolute atomic E-state index is 13.6. The molecule has 0 amide bonds. The van der Waals surface area contributed by atoms with E-state index in [0.29, 0.717) is 17.2 Å². The molecule has 2 nitrogen and oxygen atoms in total. The van der Waals surface area contributed by atoms with E-state index in [1.54, 1.807) is 12.1 Å². The van der Waals surface area contributed by atoms with Crippen LogP contribution in [0, 0.1) is 11.7 Å². The molecular weight excluding hydrogens is 193 g/mol. The van der Waals surface area contributed by atoms with Crippen molar-refractivity contribution in [3.63, 3.8) is 0 Å². The fourth-order valence-electron chi connectivity index (χ4n) is 1.75. The lowest BCUT2D eigenvalue weighted by atomic mass is 10.1. The molecule has 1 aromatic carbocycles. The van der Waals surface area contributed by atoms with Gasteiger partial charge >= 0.3 is 0 Å². The summed E-state index contributed by atoms with van der Waals surface area (Å²) >= 11 is 0. The van der Waals surface area contributed by atoms with Crippen LogP contribution in [0.15, 0.2) is 18.2 Å². The van der Waals surface area contributed by atoms with Gasteiger partial charge in [-0.25, -0.2) is 4.39 Å². The number of hydrogen-bond acceptors (Lipinski definition) is 2. The molecule has 0 spiro atoms. The Labute approximate surface area is 90.3 Å². The second-order valence-electron chi connectivity index (χ2n) is 4.18. The summed E-state index contributed by atoms with van der Waals surface area (Å²) in [7, 11) is 1.84. The van der Waals surface area contributed by atoms with Gasteiger partial charge in [-0.2, -0.15) is 0 Å². The quantitative estimate of drug-likeness (QED) is 0.826. The Kier molecular flexibility index (Phi) is 4.09. The molecule has 84 valence electrons. The van der Waals surface area contributed by atoms with E-state index in [1.165, 1.54) is 6.07 Å². The van der Waals surface area contributed by atoms with E-state index in [-0.39, 0.29) is 12.4 Å². The second kappa shape index (κ2) is 5.12. The van der Waals surface area contributed by atoms with Crippen molar-refractivity contribution >= 4 is 5.69 Å². The second-order valence-corrected chi connectivity index (χ2v) is 4.18. The molecule has 0 fully saturated rings. The number of halogens is 1. The molecular formula is C12H18FNO. The fraction of sp³-hybridized carbons (Fsp3) is 0.500. The molecule has 0 aromatic heterocycles. The number of para-hydroxylation sites is 1. The molecule has 1 rings (SSSR count). The first-order valence-electron chi connectivity index (χ1n) is 5.15. The van der Waals surface area contributed by atoms with E-state index in [2.05, 4.69) is 13.8 Å². The summed E-state index contributed by atoms with van der Waals surface area (Å²) in [5, 5.41) is 9.13. The molecule has 0 aliphatic heterocycles. The highest BCUT2D eigenvalue weighted by Gasteiger charge is 2.12. The van der Waals surface area contributed by atoms with Gasteiger partial charge in [-0.05, 0) is 12.0 Å². The summed E-state index contributed by atoms with van der Waals surface area (Å²) in [5.41, 5.74) is 1.15. The monoisotopic (exact) mass is 211 g/mol. The molecule has 1 aromatic rings. The number of benzene rings is 1. The van der Waals surface area contributed by atoms with Crippen LogP contribution in [-0.4, -0.2) is 18.7 Å². The molecule has 0 bridgehead atoms. The average molecular weight is 211 g/mol. The van der Waals surface area contributed by atoms with Crippen LogP contribution in [-0.2, 0) is 6.61 Å². The maximum atomic E-state index is 13.6. The predicted octanol–water partition coefficient (Wildman–Crippen LogP) is 2.41. The van der Waals surface area contributed by atoms with Crippen LogP contribution in [0.2, 0.25) is 0 Å². The average Bonchev–Trinajstić information content (AvgIpc) is 2.15. The Morgan fingerprint density at radius 3 is 2.60 bits per heavy atom. The molecule has 0 aliphatic carbocycles. The van der Waals surface area contributed by atoms with Gasteiger partial charge in [-0.3, -0.25) is 0 Å². The molecule has 15 heavy (non-hydrogen) atoms. The van der Waals surface area contributed by atoms with Crippen LogP contribution in [0.25, 0.3) is 0 Å². The number of aliphatic hydroxyl groups is 1. The Morgan fingerprint density at radius 1 is 1.40 bits per heavy atom. The molecule has 0 saturated carbocycles. The van der Waals surface area contributed by atoms with Crippen LogP contribution in [0.5, 0.6) is 0 Å². The number of anilines is 1. The zero-order valence-corrected chi connectivity index (χ0v) is 9.50. The van der Waals surface area contributed by atoms with Crippen molar-refractivity contribution in [3.05, 3.63) is 29.6 Å². The highest BCUT2D eigenvalue weighted by molar-refractivity contribution is 5.54. The summed E-state index contributed by atoms with van der Waals surface area (Å²) in [6.07, 6.45) is 0. The van der Waals surface area contributed by atoms with Crippen molar-refractivity contribution in [2.75, 3.05) is 18.5 Å². The van der Waals surface area contributed by atoms with Gasteiger partial charge in [-0.1, -0.05) is 26.0 Å². The van der Waals surface area contributed by atoms with Crippen molar-refractivity contribution < 1.29 is 9.50 Å². The third-order valence-corrected chi connectivity index (χ3v) is 2.26. The molecule has 0 aliphatic rings. The van der Waals surface area contributed by atoms with Crippen LogP contribution in [0.1, 0.15) is 19.4 Å². The minimum absolute atomic E-state index is 0.129. The molecule has 3 heteroatoms. The van der Waals surface area contributed by atoms with E-state index in [1.807, 2.05) is 11.9 Å². The number of nitrogens with zero attached hydrogens (tertiary/aromatic N) is 1. The zero-order valence-electron chi connectivity index (χ0n) is 9.50. The SMILES string of the molecule is CC(C)CN(C)c1c(F)cccc1CO. The van der Waals surface area contributed by atoms with Gasteiger partial charge < -0.3 is 10.0 Å². The zero-order chi connectivity index (χ0) is 11.4. The van der Waals surface area contributed by atoms with Gasteiger partial charge in [0, 0.05) is 19.2 Å². The summed E-state index contributed by atoms with van der Waals surface area (Å²) in [6, 6.07) is 4.79. The molecule has 0 radical (unpaired) electrons. The predicted molar refractivity (Wildman–Crippen MR) is 60.4 cm³/mol. The standard InChI is InChI=1S/C12H18FNO/c1-9(2)7-14(3)12-10(8-15)5-4-6-11(12)13/h4-6,9,15H,7-8H2,1-3H3. The Bertz CT molecular complexity index is 325. The first-order chi connectivity index (χ1) is 7.06. The molecule has 1 N–H and O–H groups in total. The summed E-state index contributed by atoms with van der Waals surface area (Å²) < 4.78 is 13.6. The normalized spacial score (nSPS) is 10.8. The van der Waals surface area contributed by atoms with Crippen molar-refractivity contribution in [1.29, 1.82) is 0 Å². The lowest BCUT2D eigenvalue weighted by molar-refractivity contribution is 0.281. The fourth-order valence-corrected chi connectivity index (χ4v) is 1.75. The van der Waals surface area contributed by atoms with Gasteiger partial charge in [0.1, 0.15) is 5.82 Å². The largest absolute Gasteiger partial charge is 0.392 e. The van der Waals surface area contributed by atoms with Gasteiger partial charge in [0.05, 0.1) is 12.3 Å². The topological polar surface area (TPSA) is 23.5 Å². The summed E-state index contributed by atoms with van der Waals surface area (Å²) in [5.74, 6) is 0.186. The highest BCUT2D eigenvalue weighted by atomic mass is 19.1. The van der Waals surface area contributed by atoms with E-state index < -0.39 is 0 Å². The van der Waals surface area contributed by atoms with Gasteiger partial charge in [0.25, 0.3) is 0 Å². The minimum Gasteiger partial charge on any atom is -0.392 e. The highest BCUT2D eigenvalue weighted by Crippen LogP contribution is 2.24. The third-order valence-electron chi connectivity index (χ3n) is 2.26. The van der Waals surface area contributed by atoms with Gasteiger partial charge in [0.2, 0.25) is 0 Å². The number of aliphatic hydroxyl groups excluding tert-OH is 1. The maximum Gasteiger partial charge on any atom is 0.146 e. The van der Waals surface area contributed by atoms with Crippen molar-refractivity contribution in [3.8, 4) is 0 Å². The summed E-state index contributed by atoms with van der Waals surface area (Å²) in [4.78, 5) is 1.85. The number of rotatable bonds is 4. The Morgan fingerprint density at radius 2 is 2.07 bits per heavy atom. The Balaban J connectivity index is 3.00. The molecule has 0 heterocycles. The van der Waals surface area contributed by atoms with Crippen LogP contribution in [0.3, 0.4) is 0 Å². The minimum atomic E-state index is -0.273. The molecule has 0 unspecified atom stereocenters. The lowest BCUT2D eigenvalue weighted by Gasteiger charge is -2.24. The van der Waals surface area contributed by atoms with Crippen LogP contribution < -0.4 is 4.90 Å². The van der Waals surface area contributed by atoms with Crippen LogP contribution in [0.4, 0.5) is 10.1 Å². The van der Waals surface area contributed by atoms with Crippen LogP contribution >= 0.6 is 0 Å². The van der Waals surface area contributed by atoms with E-state index in [4.69, 9.17) is 5.11 Å². The van der Waals surface area contributed by atoms with Crippen molar-refractivity contribution in [1.82, 2.24) is 0 Å². The van der Waals surface area contributed by atoms with Gasteiger partial charge in [-0.15, -0.1) is 0 Å². The molecule has 0 atom stereocenters.